The van der Waals surface area contributed by atoms with Gasteiger partial charge in [0.2, 0.25) is 5.91 Å². The molecule has 0 aliphatic carbocycles. The van der Waals surface area contributed by atoms with Crippen LogP contribution in [-0.2, 0) is 9.59 Å². The van der Waals surface area contributed by atoms with Crippen molar-refractivity contribution in [2.75, 3.05) is 16.8 Å². The van der Waals surface area contributed by atoms with Gasteiger partial charge in [0.25, 0.3) is 0 Å². The number of thioether (sulfide) groups is 1. The van der Waals surface area contributed by atoms with Gasteiger partial charge in [-0.05, 0) is 18.6 Å². The van der Waals surface area contributed by atoms with Crippen LogP contribution in [0.1, 0.15) is 5.56 Å². The predicted molar refractivity (Wildman–Crippen MR) is 64.7 cm³/mol. The number of aryl methyl sites for hydroxylation is 1. The molecule has 0 heterocycles. The van der Waals surface area contributed by atoms with Crippen LogP contribution in [0.5, 0.6) is 0 Å². The van der Waals surface area contributed by atoms with Gasteiger partial charge in [-0.25, -0.2) is 4.39 Å². The second-order valence-electron chi connectivity index (χ2n) is 3.37. The van der Waals surface area contributed by atoms with Crippen LogP contribution in [0.4, 0.5) is 10.1 Å². The molecule has 6 heteroatoms. The van der Waals surface area contributed by atoms with E-state index < -0.39 is 17.7 Å². The highest BCUT2D eigenvalue weighted by atomic mass is 32.2. The summed E-state index contributed by atoms with van der Waals surface area (Å²) in [5.41, 5.74) is 0.773. The van der Waals surface area contributed by atoms with Gasteiger partial charge < -0.3 is 10.4 Å². The first-order valence-electron chi connectivity index (χ1n) is 4.85. The molecule has 0 atom stereocenters. The number of carboxylic acid groups (broad SMARTS) is 1. The first kappa shape index (κ1) is 13.5. The molecule has 0 radical (unpaired) electrons. The zero-order valence-electron chi connectivity index (χ0n) is 9.20. The third kappa shape index (κ3) is 4.44. The number of amides is 1. The first-order valence-corrected chi connectivity index (χ1v) is 6.00. The second kappa shape index (κ2) is 6.24. The number of halogens is 1. The Morgan fingerprint density at radius 2 is 2.12 bits per heavy atom. The first-order chi connectivity index (χ1) is 8.00. The molecule has 92 valence electrons. The van der Waals surface area contributed by atoms with Crippen molar-refractivity contribution >= 4 is 29.3 Å². The summed E-state index contributed by atoms with van der Waals surface area (Å²) in [5, 5.41) is 10.8. The van der Waals surface area contributed by atoms with Crippen LogP contribution < -0.4 is 5.32 Å². The lowest BCUT2D eigenvalue weighted by Gasteiger charge is -2.08. The van der Waals surface area contributed by atoms with Gasteiger partial charge in [0, 0.05) is 0 Å². The van der Waals surface area contributed by atoms with Crippen LogP contribution >= 0.6 is 11.8 Å². The minimum absolute atomic E-state index is 0.0138. The van der Waals surface area contributed by atoms with Gasteiger partial charge in [-0.15, -0.1) is 11.8 Å². The van der Waals surface area contributed by atoms with E-state index in [9.17, 15) is 14.0 Å². The van der Waals surface area contributed by atoms with Crippen LogP contribution in [-0.4, -0.2) is 28.5 Å². The molecule has 17 heavy (non-hydrogen) atoms. The molecule has 1 rings (SSSR count). The second-order valence-corrected chi connectivity index (χ2v) is 4.35. The van der Waals surface area contributed by atoms with Gasteiger partial charge in [0.1, 0.15) is 5.82 Å². The average molecular weight is 257 g/mol. The normalized spacial score (nSPS) is 10.0. The molecular formula is C11H12FNO3S. The lowest BCUT2D eigenvalue weighted by molar-refractivity contribution is -0.133. The van der Waals surface area contributed by atoms with Crippen LogP contribution in [0.15, 0.2) is 18.2 Å². The molecular weight excluding hydrogens is 245 g/mol. The molecule has 1 amide bonds. The third-order valence-corrected chi connectivity index (χ3v) is 2.86. The molecule has 0 saturated heterocycles. The van der Waals surface area contributed by atoms with Crippen molar-refractivity contribution in [2.45, 2.75) is 6.92 Å². The summed E-state index contributed by atoms with van der Waals surface area (Å²) >= 11 is 0.966. The summed E-state index contributed by atoms with van der Waals surface area (Å²) < 4.78 is 13.3. The summed E-state index contributed by atoms with van der Waals surface area (Å²) in [6.45, 7) is 1.68. The number of hydrogen-bond donors (Lipinski definition) is 2. The van der Waals surface area contributed by atoms with E-state index in [1.165, 1.54) is 6.07 Å². The Bertz CT molecular complexity index is 416. The largest absolute Gasteiger partial charge is 0.481 e. The number of nitrogens with one attached hydrogen (secondary N) is 1. The minimum Gasteiger partial charge on any atom is -0.481 e. The molecule has 0 aliphatic rings. The Balaban J connectivity index is 2.53. The van der Waals surface area contributed by atoms with Gasteiger partial charge in [-0.1, -0.05) is 12.1 Å². The van der Waals surface area contributed by atoms with Gasteiger partial charge in [0.05, 0.1) is 17.2 Å². The molecule has 2 N–H and O–H groups in total. The van der Waals surface area contributed by atoms with Crippen molar-refractivity contribution in [2.24, 2.45) is 0 Å². The number of rotatable bonds is 5. The molecule has 1 aromatic carbocycles. The van der Waals surface area contributed by atoms with Crippen molar-refractivity contribution in [1.82, 2.24) is 0 Å². The summed E-state index contributed by atoms with van der Waals surface area (Å²) in [5.74, 6) is -2.06. The smallest absolute Gasteiger partial charge is 0.313 e. The van der Waals surface area contributed by atoms with Crippen molar-refractivity contribution in [3.8, 4) is 0 Å². The van der Waals surface area contributed by atoms with E-state index in [1.54, 1.807) is 19.1 Å². The molecule has 0 aromatic heterocycles. The van der Waals surface area contributed by atoms with Crippen molar-refractivity contribution in [1.29, 1.82) is 0 Å². The molecule has 0 fully saturated rings. The van der Waals surface area contributed by atoms with E-state index in [2.05, 4.69) is 5.32 Å². The third-order valence-electron chi connectivity index (χ3n) is 1.95. The number of anilines is 1. The quantitative estimate of drug-likeness (QED) is 0.845. The lowest BCUT2D eigenvalue weighted by atomic mass is 10.2. The molecule has 4 nitrogen and oxygen atoms in total. The van der Waals surface area contributed by atoms with Crippen molar-refractivity contribution < 1.29 is 19.1 Å². The highest BCUT2D eigenvalue weighted by Gasteiger charge is 2.09. The number of carboxylic acids is 1. The number of benzene rings is 1. The topological polar surface area (TPSA) is 66.4 Å². The molecule has 1 aromatic rings. The van der Waals surface area contributed by atoms with E-state index in [0.29, 0.717) is 5.56 Å². The van der Waals surface area contributed by atoms with Crippen LogP contribution in [0.2, 0.25) is 0 Å². The zero-order chi connectivity index (χ0) is 12.8. The number of para-hydroxylation sites is 1. The van der Waals surface area contributed by atoms with Gasteiger partial charge in [0.15, 0.2) is 0 Å². The highest BCUT2D eigenvalue weighted by Crippen LogP contribution is 2.18. The lowest BCUT2D eigenvalue weighted by Crippen LogP contribution is -2.17. The summed E-state index contributed by atoms with van der Waals surface area (Å²) in [7, 11) is 0. The summed E-state index contributed by atoms with van der Waals surface area (Å²) in [6, 6.07) is 4.50. The van der Waals surface area contributed by atoms with Gasteiger partial charge >= 0.3 is 5.97 Å². The SMILES string of the molecule is Cc1cccc(F)c1NC(=O)CSCC(=O)O. The average Bonchev–Trinajstić information content (AvgIpc) is 2.23. The fourth-order valence-electron chi connectivity index (χ4n) is 1.20. The molecule has 0 saturated carbocycles. The Kier molecular flexibility index (Phi) is 4.96. The summed E-state index contributed by atoms with van der Waals surface area (Å²) in [6.07, 6.45) is 0. The van der Waals surface area contributed by atoms with E-state index >= 15 is 0 Å². The summed E-state index contributed by atoms with van der Waals surface area (Å²) in [4.78, 5) is 21.6. The highest BCUT2D eigenvalue weighted by molar-refractivity contribution is 8.00. The molecule has 0 spiro atoms. The standard InChI is InChI=1S/C11H12FNO3S/c1-7-3-2-4-8(12)11(7)13-9(14)5-17-6-10(15)16/h2-4H,5-6H2,1H3,(H,13,14)(H,15,16). The number of carbonyl (C=O) groups excluding carboxylic acids is 1. The Morgan fingerprint density at radius 1 is 1.41 bits per heavy atom. The van der Waals surface area contributed by atoms with E-state index in [1.807, 2.05) is 0 Å². The fourth-order valence-corrected chi connectivity index (χ4v) is 1.73. The van der Waals surface area contributed by atoms with Gasteiger partial charge in [-0.2, -0.15) is 0 Å². The van der Waals surface area contributed by atoms with E-state index in [0.717, 1.165) is 11.8 Å². The van der Waals surface area contributed by atoms with E-state index in [4.69, 9.17) is 5.11 Å². The molecule has 0 aliphatic heterocycles. The molecule has 0 unspecified atom stereocenters. The number of carbonyl (C=O) groups is 2. The maximum absolute atomic E-state index is 13.3. The Hall–Kier alpha value is -1.56. The Morgan fingerprint density at radius 3 is 2.71 bits per heavy atom. The molecule has 0 bridgehead atoms. The minimum atomic E-state index is -0.982. The predicted octanol–water partition coefficient (Wildman–Crippen LogP) is 1.89. The maximum atomic E-state index is 13.3. The number of aliphatic carboxylic acids is 1. The van der Waals surface area contributed by atoms with Crippen LogP contribution in [0.25, 0.3) is 0 Å². The van der Waals surface area contributed by atoms with Gasteiger partial charge in [-0.3, -0.25) is 9.59 Å². The monoisotopic (exact) mass is 257 g/mol. The van der Waals surface area contributed by atoms with Crippen molar-refractivity contribution in [3.05, 3.63) is 29.6 Å². The van der Waals surface area contributed by atoms with Crippen molar-refractivity contribution in [3.63, 3.8) is 0 Å². The van der Waals surface area contributed by atoms with Crippen LogP contribution in [0, 0.1) is 12.7 Å². The number of hydrogen-bond acceptors (Lipinski definition) is 3. The fraction of sp³-hybridized carbons (Fsp3) is 0.273. The maximum Gasteiger partial charge on any atom is 0.313 e. The van der Waals surface area contributed by atoms with Crippen LogP contribution in [0.3, 0.4) is 0 Å². The zero-order valence-corrected chi connectivity index (χ0v) is 10.0. The van der Waals surface area contributed by atoms with E-state index in [-0.39, 0.29) is 17.2 Å². The Labute approximate surface area is 102 Å².